The van der Waals surface area contributed by atoms with Crippen LogP contribution in [-0.4, -0.2) is 55.8 Å². The number of rotatable bonds is 7. The smallest absolute Gasteiger partial charge is 0.272 e. The predicted octanol–water partition coefficient (Wildman–Crippen LogP) is 3.79. The van der Waals surface area contributed by atoms with E-state index in [1.54, 1.807) is 29.4 Å². The minimum Gasteiger partial charge on any atom is -0.348 e. The van der Waals surface area contributed by atoms with Gasteiger partial charge in [-0.3, -0.25) is 9.59 Å². The summed E-state index contributed by atoms with van der Waals surface area (Å²) in [5, 5.41) is 9.23. The number of piperidine rings is 1. The highest BCUT2D eigenvalue weighted by Gasteiger charge is 2.26. The fourth-order valence-electron chi connectivity index (χ4n) is 4.03. The third kappa shape index (κ3) is 6.23. The van der Waals surface area contributed by atoms with Crippen molar-refractivity contribution >= 4 is 35.1 Å². The summed E-state index contributed by atoms with van der Waals surface area (Å²) in [4.78, 5) is 44.7. The van der Waals surface area contributed by atoms with E-state index >= 15 is 0 Å². The average Bonchev–Trinajstić information content (AvgIpc) is 2.94. The molecular formula is C27H26N8O2. The van der Waals surface area contributed by atoms with Crippen LogP contribution >= 0.6 is 0 Å². The molecule has 1 aliphatic heterocycles. The number of amides is 2. The van der Waals surface area contributed by atoms with Crippen molar-refractivity contribution < 1.29 is 9.59 Å². The average molecular weight is 495 g/mol. The number of aromatic nitrogens is 4. The molecule has 4 aromatic rings. The first-order valence-corrected chi connectivity index (χ1v) is 12.0. The number of likely N-dealkylation sites (tertiary alicyclic amines) is 1. The van der Waals surface area contributed by atoms with Gasteiger partial charge in [-0.05, 0) is 49.2 Å². The molecule has 10 nitrogen and oxygen atoms in total. The van der Waals surface area contributed by atoms with Gasteiger partial charge in [-0.15, -0.1) is 0 Å². The first-order valence-electron chi connectivity index (χ1n) is 12.0. The summed E-state index contributed by atoms with van der Waals surface area (Å²) in [5.41, 5.74) is 2.29. The standard InChI is InChI=1S/C27H26N8O2/c36-24(22-11-15-28-26(33-22)31-19-7-3-1-4-8-19)30-21-13-17-35(18-14-21)25(37)23-12-16-29-27(34-23)32-20-9-5-2-6-10-20/h1-12,15-16,21H,13-14,17-18H2,(H,30,36)(H,28,31,33)(H,29,32,34). The lowest BCUT2D eigenvalue weighted by molar-refractivity contribution is 0.0692. The van der Waals surface area contributed by atoms with Crippen LogP contribution < -0.4 is 16.0 Å². The van der Waals surface area contributed by atoms with Crippen LogP contribution in [0.4, 0.5) is 23.3 Å². The number of hydrogen-bond acceptors (Lipinski definition) is 8. The van der Waals surface area contributed by atoms with Crippen LogP contribution in [0.2, 0.25) is 0 Å². The highest BCUT2D eigenvalue weighted by Crippen LogP contribution is 2.17. The molecule has 37 heavy (non-hydrogen) atoms. The molecule has 0 radical (unpaired) electrons. The quantitative estimate of drug-likeness (QED) is 0.354. The van der Waals surface area contributed by atoms with Crippen molar-refractivity contribution in [2.24, 2.45) is 0 Å². The van der Waals surface area contributed by atoms with Crippen LogP contribution in [0.25, 0.3) is 0 Å². The highest BCUT2D eigenvalue weighted by molar-refractivity contribution is 5.93. The number of benzene rings is 2. The van der Waals surface area contributed by atoms with Gasteiger partial charge in [0.25, 0.3) is 11.8 Å². The Labute approximate surface area is 214 Å². The van der Waals surface area contributed by atoms with Crippen molar-refractivity contribution in [1.29, 1.82) is 0 Å². The molecule has 10 heteroatoms. The fraction of sp³-hybridized carbons (Fsp3) is 0.185. The van der Waals surface area contributed by atoms with Crippen molar-refractivity contribution in [2.45, 2.75) is 18.9 Å². The lowest BCUT2D eigenvalue weighted by atomic mass is 10.0. The molecule has 0 saturated carbocycles. The van der Waals surface area contributed by atoms with Crippen molar-refractivity contribution in [3.63, 3.8) is 0 Å². The van der Waals surface area contributed by atoms with Gasteiger partial charge in [0.2, 0.25) is 11.9 Å². The van der Waals surface area contributed by atoms with Crippen molar-refractivity contribution in [3.8, 4) is 0 Å². The van der Waals surface area contributed by atoms with Crippen molar-refractivity contribution in [2.75, 3.05) is 23.7 Å². The Morgan fingerprint density at radius 2 is 1.22 bits per heavy atom. The van der Waals surface area contributed by atoms with Crippen LogP contribution in [-0.2, 0) is 0 Å². The van der Waals surface area contributed by atoms with Gasteiger partial charge in [-0.25, -0.2) is 19.9 Å². The van der Waals surface area contributed by atoms with E-state index < -0.39 is 0 Å². The van der Waals surface area contributed by atoms with Gasteiger partial charge in [-0.1, -0.05) is 36.4 Å². The van der Waals surface area contributed by atoms with E-state index in [0.29, 0.717) is 43.5 Å². The van der Waals surface area contributed by atoms with Crippen LogP contribution in [0.5, 0.6) is 0 Å². The van der Waals surface area contributed by atoms with Crippen LogP contribution in [0.15, 0.2) is 85.2 Å². The maximum atomic E-state index is 13.0. The summed E-state index contributed by atoms with van der Waals surface area (Å²) >= 11 is 0. The zero-order valence-corrected chi connectivity index (χ0v) is 20.0. The van der Waals surface area contributed by atoms with Gasteiger partial charge in [0.05, 0.1) is 0 Å². The van der Waals surface area contributed by atoms with Gasteiger partial charge in [-0.2, -0.15) is 0 Å². The summed E-state index contributed by atoms with van der Waals surface area (Å²) < 4.78 is 0. The third-order valence-electron chi connectivity index (χ3n) is 5.94. The monoisotopic (exact) mass is 494 g/mol. The van der Waals surface area contributed by atoms with Crippen LogP contribution in [0.1, 0.15) is 33.8 Å². The Morgan fingerprint density at radius 1 is 0.703 bits per heavy atom. The number of nitrogens with zero attached hydrogens (tertiary/aromatic N) is 5. The summed E-state index contributed by atoms with van der Waals surface area (Å²) in [7, 11) is 0. The Bertz CT molecular complexity index is 1360. The molecule has 1 fully saturated rings. The van der Waals surface area contributed by atoms with E-state index in [-0.39, 0.29) is 23.6 Å². The molecule has 2 aromatic carbocycles. The molecule has 0 bridgehead atoms. The minimum atomic E-state index is -0.268. The second kappa shape index (κ2) is 11.3. The predicted molar refractivity (Wildman–Crippen MR) is 140 cm³/mol. The molecule has 0 atom stereocenters. The van der Waals surface area contributed by atoms with Crippen LogP contribution in [0.3, 0.4) is 0 Å². The van der Waals surface area contributed by atoms with E-state index in [0.717, 1.165) is 11.4 Å². The number of carbonyl (C=O) groups excluding carboxylic acids is 2. The SMILES string of the molecule is O=C(NC1CCN(C(=O)c2ccnc(Nc3ccccc3)n2)CC1)c1ccnc(Nc2ccccc2)n1. The van der Waals surface area contributed by atoms with E-state index in [1.807, 2.05) is 60.7 Å². The zero-order valence-electron chi connectivity index (χ0n) is 20.0. The number of anilines is 4. The summed E-state index contributed by atoms with van der Waals surface area (Å²) in [6, 6.07) is 22.2. The summed E-state index contributed by atoms with van der Waals surface area (Å²) in [6.07, 6.45) is 4.40. The van der Waals surface area contributed by atoms with Gasteiger partial charge < -0.3 is 20.9 Å². The molecular weight excluding hydrogens is 468 g/mol. The summed E-state index contributed by atoms with van der Waals surface area (Å²) in [6.45, 7) is 1.03. The highest BCUT2D eigenvalue weighted by atomic mass is 16.2. The maximum Gasteiger partial charge on any atom is 0.272 e. The van der Waals surface area contributed by atoms with Gasteiger partial charge in [0.15, 0.2) is 0 Å². The summed E-state index contributed by atoms with van der Waals surface area (Å²) in [5.74, 6) is 0.293. The largest absolute Gasteiger partial charge is 0.348 e. The number of nitrogens with one attached hydrogen (secondary N) is 3. The fourth-order valence-corrected chi connectivity index (χ4v) is 4.03. The lowest BCUT2D eigenvalue weighted by Crippen LogP contribution is -2.46. The van der Waals surface area contributed by atoms with Gasteiger partial charge in [0.1, 0.15) is 11.4 Å². The van der Waals surface area contributed by atoms with Gasteiger partial charge >= 0.3 is 0 Å². The normalized spacial score (nSPS) is 13.6. The first-order chi connectivity index (χ1) is 18.1. The molecule has 3 N–H and O–H groups in total. The third-order valence-corrected chi connectivity index (χ3v) is 5.94. The minimum absolute atomic E-state index is 0.0576. The maximum absolute atomic E-state index is 13.0. The molecule has 2 amide bonds. The van der Waals surface area contributed by atoms with E-state index in [2.05, 4.69) is 35.9 Å². The van der Waals surface area contributed by atoms with Crippen molar-refractivity contribution in [1.82, 2.24) is 30.2 Å². The zero-order chi connectivity index (χ0) is 25.5. The molecule has 5 rings (SSSR count). The topological polar surface area (TPSA) is 125 Å². The molecule has 186 valence electrons. The van der Waals surface area contributed by atoms with E-state index in [9.17, 15) is 9.59 Å². The Morgan fingerprint density at radius 3 is 1.78 bits per heavy atom. The molecule has 0 unspecified atom stereocenters. The number of carbonyl (C=O) groups is 2. The van der Waals surface area contributed by atoms with Crippen molar-refractivity contribution in [3.05, 3.63) is 96.6 Å². The Balaban J connectivity index is 1.14. The Hall–Kier alpha value is -4.86. The second-order valence-electron chi connectivity index (χ2n) is 8.55. The van der Waals surface area contributed by atoms with E-state index in [4.69, 9.17) is 0 Å². The molecule has 0 spiro atoms. The first kappa shape index (κ1) is 23.9. The second-order valence-corrected chi connectivity index (χ2v) is 8.55. The Kier molecular flexibility index (Phi) is 7.26. The molecule has 1 saturated heterocycles. The molecule has 3 heterocycles. The van der Waals surface area contributed by atoms with E-state index in [1.165, 1.54) is 0 Å². The van der Waals surface area contributed by atoms with Gasteiger partial charge in [0, 0.05) is 42.9 Å². The molecule has 0 aliphatic carbocycles. The molecule has 1 aliphatic rings. The lowest BCUT2D eigenvalue weighted by Gasteiger charge is -2.32. The molecule has 2 aromatic heterocycles. The number of hydrogen-bond donors (Lipinski definition) is 3. The van der Waals surface area contributed by atoms with Crippen LogP contribution in [0, 0.1) is 0 Å². The number of para-hydroxylation sites is 2.